The van der Waals surface area contributed by atoms with E-state index in [4.69, 9.17) is 5.11 Å². The van der Waals surface area contributed by atoms with Crippen LogP contribution in [0.15, 0.2) is 0 Å². The second-order valence-electron chi connectivity index (χ2n) is 5.68. The Labute approximate surface area is 109 Å². The normalized spacial score (nSPS) is 20.1. The summed E-state index contributed by atoms with van der Waals surface area (Å²) in [6, 6.07) is 0.169. The maximum atomic E-state index is 12.0. The summed E-state index contributed by atoms with van der Waals surface area (Å²) >= 11 is 0. The highest BCUT2D eigenvalue weighted by Gasteiger charge is 2.36. The molecule has 1 aliphatic rings. The van der Waals surface area contributed by atoms with E-state index in [1.54, 1.807) is 0 Å². The van der Waals surface area contributed by atoms with Crippen LogP contribution in [0.4, 0.5) is 0 Å². The molecule has 2 N–H and O–H groups in total. The Kier molecular flexibility index (Phi) is 5.63. The van der Waals surface area contributed by atoms with Gasteiger partial charge < -0.3 is 10.4 Å². The third kappa shape index (κ3) is 4.67. The molecule has 1 amide bonds. The molecule has 18 heavy (non-hydrogen) atoms. The first kappa shape index (κ1) is 15.0. The number of rotatable bonds is 6. The van der Waals surface area contributed by atoms with Crippen LogP contribution in [0.1, 0.15) is 65.2 Å². The Balaban J connectivity index is 2.60. The van der Waals surface area contributed by atoms with Gasteiger partial charge >= 0.3 is 5.97 Å². The second-order valence-corrected chi connectivity index (χ2v) is 5.68. The average molecular weight is 255 g/mol. The van der Waals surface area contributed by atoms with E-state index in [0.717, 1.165) is 38.5 Å². The fraction of sp³-hybridized carbons (Fsp3) is 0.857. The zero-order valence-electron chi connectivity index (χ0n) is 11.5. The molecule has 1 saturated carbocycles. The molecule has 0 heterocycles. The standard InChI is InChI=1S/C14H25NO3/c1-3-11(2)15-12(16)9-14(10-13(17)18)7-5-4-6-8-14/h11H,3-10H2,1-2H3,(H,15,16)(H,17,18). The van der Waals surface area contributed by atoms with E-state index in [0.29, 0.717) is 6.42 Å². The molecule has 0 radical (unpaired) electrons. The summed E-state index contributed by atoms with van der Waals surface area (Å²) in [6.45, 7) is 4.00. The van der Waals surface area contributed by atoms with E-state index in [2.05, 4.69) is 5.32 Å². The predicted octanol–water partition coefficient (Wildman–Crippen LogP) is 2.72. The number of carbonyl (C=O) groups is 2. The maximum absolute atomic E-state index is 12.0. The first-order valence-electron chi connectivity index (χ1n) is 6.98. The Hall–Kier alpha value is -1.06. The SMILES string of the molecule is CCC(C)NC(=O)CC1(CC(=O)O)CCCCC1. The van der Waals surface area contributed by atoms with Crippen molar-refractivity contribution in [3.63, 3.8) is 0 Å². The molecular weight excluding hydrogens is 230 g/mol. The van der Waals surface area contributed by atoms with Gasteiger partial charge in [0.2, 0.25) is 5.91 Å². The highest BCUT2D eigenvalue weighted by molar-refractivity contribution is 5.78. The van der Waals surface area contributed by atoms with Gasteiger partial charge in [0.25, 0.3) is 0 Å². The molecule has 0 saturated heterocycles. The van der Waals surface area contributed by atoms with Crippen molar-refractivity contribution in [2.75, 3.05) is 0 Å². The number of nitrogens with one attached hydrogen (secondary N) is 1. The number of carboxylic acid groups (broad SMARTS) is 1. The Morgan fingerprint density at radius 2 is 1.83 bits per heavy atom. The van der Waals surface area contributed by atoms with Crippen molar-refractivity contribution >= 4 is 11.9 Å². The van der Waals surface area contributed by atoms with Crippen molar-refractivity contribution in [2.45, 2.75) is 71.3 Å². The van der Waals surface area contributed by atoms with Gasteiger partial charge in [-0.05, 0) is 31.6 Å². The molecule has 1 rings (SSSR count). The largest absolute Gasteiger partial charge is 0.481 e. The molecule has 0 aromatic rings. The zero-order valence-corrected chi connectivity index (χ0v) is 11.5. The zero-order chi connectivity index (χ0) is 13.6. The molecule has 104 valence electrons. The van der Waals surface area contributed by atoms with E-state index in [1.165, 1.54) is 0 Å². The summed E-state index contributed by atoms with van der Waals surface area (Å²) in [5.74, 6) is -0.777. The molecule has 0 spiro atoms. The van der Waals surface area contributed by atoms with Gasteiger partial charge in [0, 0.05) is 12.5 Å². The van der Waals surface area contributed by atoms with E-state index in [1.807, 2.05) is 13.8 Å². The van der Waals surface area contributed by atoms with E-state index >= 15 is 0 Å². The molecule has 0 bridgehead atoms. The summed E-state index contributed by atoms with van der Waals surface area (Å²) in [5.41, 5.74) is -0.304. The van der Waals surface area contributed by atoms with Crippen LogP contribution in [0.5, 0.6) is 0 Å². The molecular formula is C14H25NO3. The van der Waals surface area contributed by atoms with Crippen molar-refractivity contribution in [2.24, 2.45) is 5.41 Å². The van der Waals surface area contributed by atoms with Gasteiger partial charge in [-0.1, -0.05) is 26.2 Å². The van der Waals surface area contributed by atoms with Crippen LogP contribution in [0.3, 0.4) is 0 Å². The Morgan fingerprint density at radius 3 is 2.33 bits per heavy atom. The quantitative estimate of drug-likeness (QED) is 0.767. The fourth-order valence-electron chi connectivity index (χ4n) is 2.81. The van der Waals surface area contributed by atoms with Gasteiger partial charge in [-0.3, -0.25) is 9.59 Å². The number of amides is 1. The van der Waals surface area contributed by atoms with Gasteiger partial charge in [0.1, 0.15) is 0 Å². The lowest BCUT2D eigenvalue weighted by Gasteiger charge is -2.35. The van der Waals surface area contributed by atoms with E-state index in [-0.39, 0.29) is 23.8 Å². The third-order valence-electron chi connectivity index (χ3n) is 4.00. The predicted molar refractivity (Wildman–Crippen MR) is 70.3 cm³/mol. The fourth-order valence-corrected chi connectivity index (χ4v) is 2.81. The van der Waals surface area contributed by atoms with Crippen molar-refractivity contribution in [1.82, 2.24) is 5.32 Å². The molecule has 0 aliphatic heterocycles. The van der Waals surface area contributed by atoms with Crippen molar-refractivity contribution in [3.05, 3.63) is 0 Å². The van der Waals surface area contributed by atoms with Gasteiger partial charge in [0.05, 0.1) is 6.42 Å². The lowest BCUT2D eigenvalue weighted by Crippen LogP contribution is -2.38. The molecule has 0 aromatic carbocycles. The lowest BCUT2D eigenvalue weighted by atomic mass is 9.69. The second kappa shape index (κ2) is 6.76. The van der Waals surface area contributed by atoms with Gasteiger partial charge in [0.15, 0.2) is 0 Å². The summed E-state index contributed by atoms with van der Waals surface area (Å²) < 4.78 is 0. The monoisotopic (exact) mass is 255 g/mol. The number of carbonyl (C=O) groups excluding carboxylic acids is 1. The smallest absolute Gasteiger partial charge is 0.303 e. The van der Waals surface area contributed by atoms with Crippen molar-refractivity contribution in [1.29, 1.82) is 0 Å². The third-order valence-corrected chi connectivity index (χ3v) is 4.00. The minimum Gasteiger partial charge on any atom is -0.481 e. The summed E-state index contributed by atoms with van der Waals surface area (Å²) in [7, 11) is 0. The van der Waals surface area contributed by atoms with Crippen LogP contribution < -0.4 is 5.32 Å². The van der Waals surface area contributed by atoms with Gasteiger partial charge in [-0.25, -0.2) is 0 Å². The first-order chi connectivity index (χ1) is 8.47. The van der Waals surface area contributed by atoms with Crippen molar-refractivity contribution < 1.29 is 14.7 Å². The summed E-state index contributed by atoms with van der Waals surface area (Å²) in [6.07, 6.45) is 6.38. The van der Waals surface area contributed by atoms with Crippen LogP contribution in [-0.4, -0.2) is 23.0 Å². The lowest BCUT2D eigenvalue weighted by molar-refractivity contribution is -0.141. The number of hydrogen-bond acceptors (Lipinski definition) is 2. The van der Waals surface area contributed by atoms with E-state index in [9.17, 15) is 9.59 Å². The number of hydrogen-bond donors (Lipinski definition) is 2. The molecule has 1 unspecified atom stereocenters. The molecule has 1 aliphatic carbocycles. The highest BCUT2D eigenvalue weighted by Crippen LogP contribution is 2.42. The van der Waals surface area contributed by atoms with Crippen molar-refractivity contribution in [3.8, 4) is 0 Å². The summed E-state index contributed by atoms with van der Waals surface area (Å²) in [5, 5.41) is 12.0. The topological polar surface area (TPSA) is 66.4 Å². The van der Waals surface area contributed by atoms with E-state index < -0.39 is 5.97 Å². The van der Waals surface area contributed by atoms with Crippen LogP contribution in [0.25, 0.3) is 0 Å². The Morgan fingerprint density at radius 1 is 1.22 bits per heavy atom. The molecule has 4 nitrogen and oxygen atoms in total. The average Bonchev–Trinajstić information content (AvgIpc) is 2.28. The molecule has 1 fully saturated rings. The van der Waals surface area contributed by atoms with Crippen LogP contribution in [-0.2, 0) is 9.59 Å². The van der Waals surface area contributed by atoms with Crippen LogP contribution in [0.2, 0.25) is 0 Å². The van der Waals surface area contributed by atoms with Crippen LogP contribution >= 0.6 is 0 Å². The summed E-state index contributed by atoms with van der Waals surface area (Å²) in [4.78, 5) is 23.0. The van der Waals surface area contributed by atoms with Gasteiger partial charge in [-0.2, -0.15) is 0 Å². The number of aliphatic carboxylic acids is 1. The highest BCUT2D eigenvalue weighted by atomic mass is 16.4. The minimum absolute atomic E-state index is 0.00694. The Bertz CT molecular complexity index is 295. The molecule has 1 atom stereocenters. The van der Waals surface area contributed by atoms with Gasteiger partial charge in [-0.15, -0.1) is 0 Å². The minimum atomic E-state index is -0.784. The molecule has 4 heteroatoms. The molecule has 0 aromatic heterocycles. The van der Waals surface area contributed by atoms with Crippen LogP contribution in [0, 0.1) is 5.41 Å². The first-order valence-corrected chi connectivity index (χ1v) is 6.98. The maximum Gasteiger partial charge on any atom is 0.303 e. The number of carboxylic acids is 1.